The van der Waals surface area contributed by atoms with E-state index in [0.717, 1.165) is 29.5 Å². The highest BCUT2D eigenvalue weighted by Gasteiger charge is 2.17. The van der Waals surface area contributed by atoms with E-state index in [2.05, 4.69) is 12.2 Å². The Balaban J connectivity index is 1.82. The molecule has 0 amide bonds. The maximum Gasteiger partial charge on any atom is 0.272 e. The Morgan fingerprint density at radius 1 is 1.30 bits per heavy atom. The van der Waals surface area contributed by atoms with Gasteiger partial charge < -0.3 is 5.32 Å². The molecule has 0 aromatic heterocycles. The molecule has 20 heavy (non-hydrogen) atoms. The van der Waals surface area contributed by atoms with Crippen molar-refractivity contribution in [1.29, 1.82) is 0 Å². The third-order valence-electron chi connectivity index (χ3n) is 4.37. The molecule has 1 N–H and O–H groups in total. The summed E-state index contributed by atoms with van der Waals surface area (Å²) in [6, 6.07) is 5.49. The molecule has 0 bridgehead atoms. The normalized spacial score (nSPS) is 22.7. The number of nitro benzene ring substituents is 1. The van der Waals surface area contributed by atoms with Crippen molar-refractivity contribution in [3.05, 3.63) is 39.4 Å². The van der Waals surface area contributed by atoms with Crippen molar-refractivity contribution >= 4 is 5.69 Å². The molecule has 1 aliphatic rings. The Labute approximate surface area is 120 Å². The summed E-state index contributed by atoms with van der Waals surface area (Å²) in [5.74, 6) is 1.65. The molecular weight excluding hydrogens is 252 g/mol. The molecule has 0 heterocycles. The summed E-state index contributed by atoms with van der Waals surface area (Å²) in [5, 5.41) is 14.4. The fourth-order valence-electron chi connectivity index (χ4n) is 2.92. The fourth-order valence-corrected chi connectivity index (χ4v) is 2.92. The van der Waals surface area contributed by atoms with Gasteiger partial charge in [-0.05, 0) is 43.7 Å². The minimum Gasteiger partial charge on any atom is -0.312 e. The second-order valence-corrected chi connectivity index (χ2v) is 6.13. The summed E-state index contributed by atoms with van der Waals surface area (Å²) in [4.78, 5) is 10.6. The van der Waals surface area contributed by atoms with E-state index in [9.17, 15) is 10.1 Å². The molecule has 0 spiro atoms. The summed E-state index contributed by atoms with van der Waals surface area (Å²) in [5.41, 5.74) is 1.93. The van der Waals surface area contributed by atoms with Crippen LogP contribution in [0.15, 0.2) is 18.2 Å². The maximum absolute atomic E-state index is 10.9. The number of nitrogens with one attached hydrogen (secondary N) is 1. The van der Waals surface area contributed by atoms with E-state index >= 15 is 0 Å². The van der Waals surface area contributed by atoms with Gasteiger partial charge >= 0.3 is 0 Å². The molecular formula is C16H24N2O2. The number of benzene rings is 1. The van der Waals surface area contributed by atoms with Crippen LogP contribution < -0.4 is 5.32 Å². The van der Waals surface area contributed by atoms with Gasteiger partial charge in [0, 0.05) is 18.2 Å². The van der Waals surface area contributed by atoms with Crippen LogP contribution >= 0.6 is 0 Å². The van der Waals surface area contributed by atoms with Gasteiger partial charge in [0.05, 0.1) is 4.92 Å². The van der Waals surface area contributed by atoms with Crippen LogP contribution in [-0.2, 0) is 6.54 Å². The van der Waals surface area contributed by atoms with Crippen molar-refractivity contribution in [3.8, 4) is 0 Å². The minimum atomic E-state index is -0.304. The predicted molar refractivity (Wildman–Crippen MR) is 80.7 cm³/mol. The van der Waals surface area contributed by atoms with E-state index in [1.807, 2.05) is 12.1 Å². The monoisotopic (exact) mass is 276 g/mol. The summed E-state index contributed by atoms with van der Waals surface area (Å²) in [6.07, 6.45) is 5.29. The Kier molecular flexibility index (Phi) is 5.12. The van der Waals surface area contributed by atoms with E-state index in [0.29, 0.717) is 6.54 Å². The zero-order chi connectivity index (χ0) is 14.5. The van der Waals surface area contributed by atoms with Gasteiger partial charge in [0.2, 0.25) is 0 Å². The number of hydrogen-bond donors (Lipinski definition) is 1. The summed E-state index contributed by atoms with van der Waals surface area (Å²) in [6.45, 7) is 5.84. The largest absolute Gasteiger partial charge is 0.312 e. The van der Waals surface area contributed by atoms with Gasteiger partial charge in [0.25, 0.3) is 5.69 Å². The number of aryl methyl sites for hydroxylation is 1. The van der Waals surface area contributed by atoms with Gasteiger partial charge in [0.1, 0.15) is 0 Å². The number of hydrogen-bond acceptors (Lipinski definition) is 3. The first kappa shape index (κ1) is 15.0. The van der Waals surface area contributed by atoms with Crippen LogP contribution in [0.25, 0.3) is 0 Å². The molecule has 1 fully saturated rings. The lowest BCUT2D eigenvalue weighted by Gasteiger charge is -2.26. The standard InChI is InChI=1S/C16H24N2O2/c1-12-3-6-14(7-4-12)10-17-11-15-8-5-13(2)16(9-15)18(19)20/h5,8-9,12,14,17H,3-4,6-7,10-11H2,1-2H3. The van der Waals surface area contributed by atoms with Crippen molar-refractivity contribution in [3.63, 3.8) is 0 Å². The molecule has 0 saturated heterocycles. The van der Waals surface area contributed by atoms with Gasteiger partial charge in [-0.3, -0.25) is 10.1 Å². The maximum atomic E-state index is 10.9. The molecule has 4 heteroatoms. The van der Waals surface area contributed by atoms with E-state index in [1.165, 1.54) is 25.7 Å². The zero-order valence-electron chi connectivity index (χ0n) is 12.4. The average Bonchev–Trinajstić information content (AvgIpc) is 2.42. The quantitative estimate of drug-likeness (QED) is 0.657. The molecule has 0 atom stereocenters. The number of nitro groups is 1. The Morgan fingerprint density at radius 3 is 2.65 bits per heavy atom. The van der Waals surface area contributed by atoms with E-state index in [1.54, 1.807) is 13.0 Å². The summed E-state index contributed by atoms with van der Waals surface area (Å²) < 4.78 is 0. The second-order valence-electron chi connectivity index (χ2n) is 6.13. The lowest BCUT2D eigenvalue weighted by Crippen LogP contribution is -2.25. The SMILES string of the molecule is Cc1ccc(CNCC2CCC(C)CC2)cc1[N+](=O)[O-]. The predicted octanol–water partition coefficient (Wildman–Crippen LogP) is 3.82. The third kappa shape index (κ3) is 4.04. The van der Waals surface area contributed by atoms with Gasteiger partial charge in [-0.2, -0.15) is 0 Å². The lowest BCUT2D eigenvalue weighted by molar-refractivity contribution is -0.385. The van der Waals surface area contributed by atoms with Gasteiger partial charge in [0.15, 0.2) is 0 Å². The van der Waals surface area contributed by atoms with Crippen molar-refractivity contribution in [2.45, 2.75) is 46.1 Å². The van der Waals surface area contributed by atoms with E-state index in [4.69, 9.17) is 0 Å². The average molecular weight is 276 g/mol. The number of rotatable bonds is 5. The smallest absolute Gasteiger partial charge is 0.272 e. The molecule has 1 aromatic carbocycles. The van der Waals surface area contributed by atoms with Crippen molar-refractivity contribution in [2.24, 2.45) is 11.8 Å². The van der Waals surface area contributed by atoms with Crippen LogP contribution in [0.3, 0.4) is 0 Å². The van der Waals surface area contributed by atoms with Crippen LogP contribution in [0.5, 0.6) is 0 Å². The first-order valence-electron chi connectivity index (χ1n) is 7.51. The molecule has 2 rings (SSSR count). The lowest BCUT2D eigenvalue weighted by atomic mass is 9.83. The highest BCUT2D eigenvalue weighted by atomic mass is 16.6. The molecule has 1 aromatic rings. The van der Waals surface area contributed by atoms with Crippen LogP contribution in [0.4, 0.5) is 5.69 Å². The van der Waals surface area contributed by atoms with Gasteiger partial charge in [-0.15, -0.1) is 0 Å². The molecule has 1 saturated carbocycles. The van der Waals surface area contributed by atoms with Crippen molar-refractivity contribution < 1.29 is 4.92 Å². The topological polar surface area (TPSA) is 55.2 Å². The number of nitrogens with zero attached hydrogens (tertiary/aromatic N) is 1. The molecule has 0 radical (unpaired) electrons. The van der Waals surface area contributed by atoms with E-state index < -0.39 is 0 Å². The van der Waals surface area contributed by atoms with Gasteiger partial charge in [-0.25, -0.2) is 0 Å². The van der Waals surface area contributed by atoms with Gasteiger partial charge in [-0.1, -0.05) is 31.9 Å². The van der Waals surface area contributed by atoms with Crippen LogP contribution in [0.2, 0.25) is 0 Å². The van der Waals surface area contributed by atoms with Crippen LogP contribution in [-0.4, -0.2) is 11.5 Å². The minimum absolute atomic E-state index is 0.218. The van der Waals surface area contributed by atoms with Crippen LogP contribution in [0.1, 0.15) is 43.7 Å². The first-order chi connectivity index (χ1) is 9.56. The molecule has 110 valence electrons. The molecule has 0 unspecified atom stereocenters. The van der Waals surface area contributed by atoms with E-state index in [-0.39, 0.29) is 10.6 Å². The highest BCUT2D eigenvalue weighted by molar-refractivity contribution is 5.42. The molecule has 1 aliphatic carbocycles. The third-order valence-corrected chi connectivity index (χ3v) is 4.37. The summed E-state index contributed by atoms with van der Waals surface area (Å²) in [7, 11) is 0. The fraction of sp³-hybridized carbons (Fsp3) is 0.625. The molecule has 0 aliphatic heterocycles. The Bertz CT molecular complexity index is 466. The van der Waals surface area contributed by atoms with Crippen LogP contribution in [0, 0.1) is 28.9 Å². The first-order valence-corrected chi connectivity index (χ1v) is 7.51. The van der Waals surface area contributed by atoms with Crippen molar-refractivity contribution in [2.75, 3.05) is 6.54 Å². The molecule has 4 nitrogen and oxygen atoms in total. The summed E-state index contributed by atoms with van der Waals surface area (Å²) >= 11 is 0. The zero-order valence-corrected chi connectivity index (χ0v) is 12.4. The highest BCUT2D eigenvalue weighted by Crippen LogP contribution is 2.27. The second kappa shape index (κ2) is 6.84. The van der Waals surface area contributed by atoms with Crippen molar-refractivity contribution in [1.82, 2.24) is 5.32 Å². The Hall–Kier alpha value is -1.42. The Morgan fingerprint density at radius 2 is 2.00 bits per heavy atom.